The van der Waals surface area contributed by atoms with Crippen LogP contribution in [-0.4, -0.2) is 42.1 Å². The van der Waals surface area contributed by atoms with Crippen molar-refractivity contribution in [3.8, 4) is 0 Å². The van der Waals surface area contributed by atoms with E-state index in [0.717, 1.165) is 33.7 Å². The van der Waals surface area contributed by atoms with E-state index in [-0.39, 0.29) is 5.56 Å². The van der Waals surface area contributed by atoms with Gasteiger partial charge in [0.15, 0.2) is 0 Å². The van der Waals surface area contributed by atoms with Gasteiger partial charge in [-0.2, -0.15) is 0 Å². The SMILES string of the molecule is Cc1sc2nc(CNCCN(C)C)[nH]c(=O)c2c1C. The van der Waals surface area contributed by atoms with Crippen LogP contribution >= 0.6 is 11.3 Å². The number of hydrogen-bond acceptors (Lipinski definition) is 5. The molecule has 0 radical (unpaired) electrons. The minimum Gasteiger partial charge on any atom is -0.309 e. The number of hydrogen-bond donors (Lipinski definition) is 2. The van der Waals surface area contributed by atoms with Gasteiger partial charge in [-0.15, -0.1) is 11.3 Å². The summed E-state index contributed by atoms with van der Waals surface area (Å²) in [7, 11) is 4.07. The number of aryl methyl sites for hydroxylation is 2. The lowest BCUT2D eigenvalue weighted by Crippen LogP contribution is -2.27. The van der Waals surface area contributed by atoms with Gasteiger partial charge in [0.2, 0.25) is 0 Å². The Balaban J connectivity index is 2.15. The highest BCUT2D eigenvalue weighted by molar-refractivity contribution is 7.18. The summed E-state index contributed by atoms with van der Waals surface area (Å²) in [6, 6.07) is 0. The minimum absolute atomic E-state index is 0.0312. The largest absolute Gasteiger partial charge is 0.309 e. The maximum absolute atomic E-state index is 12.0. The maximum atomic E-state index is 12.0. The number of aromatic nitrogens is 2. The molecule has 0 spiro atoms. The van der Waals surface area contributed by atoms with Gasteiger partial charge in [0, 0.05) is 18.0 Å². The highest BCUT2D eigenvalue weighted by Crippen LogP contribution is 2.25. The van der Waals surface area contributed by atoms with Crippen LogP contribution in [-0.2, 0) is 6.54 Å². The van der Waals surface area contributed by atoms with Crippen LogP contribution < -0.4 is 10.9 Å². The van der Waals surface area contributed by atoms with Crippen molar-refractivity contribution in [1.82, 2.24) is 20.2 Å². The second-order valence-corrected chi connectivity index (χ2v) is 6.16. The molecule has 2 aromatic heterocycles. The first-order valence-electron chi connectivity index (χ1n) is 6.33. The first kappa shape index (κ1) is 14.2. The number of likely N-dealkylation sites (N-methyl/N-ethyl adjacent to an activating group) is 1. The Kier molecular flexibility index (Phi) is 4.34. The van der Waals surface area contributed by atoms with Crippen LogP contribution in [0.5, 0.6) is 0 Å². The lowest BCUT2D eigenvalue weighted by atomic mass is 10.2. The van der Waals surface area contributed by atoms with Crippen LogP contribution in [0.1, 0.15) is 16.3 Å². The Bertz CT molecular complexity index is 629. The molecule has 104 valence electrons. The third-order valence-corrected chi connectivity index (χ3v) is 4.22. The Morgan fingerprint density at radius 3 is 2.79 bits per heavy atom. The summed E-state index contributed by atoms with van der Waals surface area (Å²) in [6.07, 6.45) is 0. The van der Waals surface area contributed by atoms with Crippen molar-refractivity contribution in [2.45, 2.75) is 20.4 Å². The Morgan fingerprint density at radius 1 is 1.37 bits per heavy atom. The van der Waals surface area contributed by atoms with Gasteiger partial charge in [-0.3, -0.25) is 4.79 Å². The van der Waals surface area contributed by atoms with Gasteiger partial charge in [-0.05, 0) is 33.5 Å². The van der Waals surface area contributed by atoms with Gasteiger partial charge in [-0.25, -0.2) is 4.98 Å². The van der Waals surface area contributed by atoms with E-state index in [4.69, 9.17) is 0 Å². The lowest BCUT2D eigenvalue weighted by Gasteiger charge is -2.09. The van der Waals surface area contributed by atoms with E-state index >= 15 is 0 Å². The molecule has 2 aromatic rings. The smallest absolute Gasteiger partial charge is 0.259 e. The monoisotopic (exact) mass is 280 g/mol. The van der Waals surface area contributed by atoms with Crippen molar-refractivity contribution in [3.63, 3.8) is 0 Å². The van der Waals surface area contributed by atoms with Gasteiger partial charge >= 0.3 is 0 Å². The minimum atomic E-state index is -0.0312. The first-order valence-corrected chi connectivity index (χ1v) is 7.15. The predicted molar refractivity (Wildman–Crippen MR) is 80.0 cm³/mol. The summed E-state index contributed by atoms with van der Waals surface area (Å²) in [5.74, 6) is 0.706. The van der Waals surface area contributed by atoms with Crippen LogP contribution in [0.4, 0.5) is 0 Å². The Morgan fingerprint density at radius 2 is 2.11 bits per heavy atom. The molecule has 2 rings (SSSR count). The average molecular weight is 280 g/mol. The third kappa shape index (κ3) is 3.20. The second-order valence-electron chi connectivity index (χ2n) is 4.96. The number of aromatic amines is 1. The van der Waals surface area contributed by atoms with Gasteiger partial charge in [0.1, 0.15) is 10.7 Å². The van der Waals surface area contributed by atoms with E-state index in [9.17, 15) is 4.79 Å². The van der Waals surface area contributed by atoms with Crippen molar-refractivity contribution in [2.75, 3.05) is 27.2 Å². The summed E-state index contributed by atoms with van der Waals surface area (Å²) in [4.78, 5) is 23.5. The van der Waals surface area contributed by atoms with Crippen LogP contribution in [0.25, 0.3) is 10.2 Å². The normalized spacial score (nSPS) is 11.6. The summed E-state index contributed by atoms with van der Waals surface area (Å²) in [5, 5.41) is 4.01. The molecule has 0 saturated carbocycles. The van der Waals surface area contributed by atoms with Crippen molar-refractivity contribution in [1.29, 1.82) is 0 Å². The third-order valence-electron chi connectivity index (χ3n) is 3.12. The van der Waals surface area contributed by atoms with Crippen LogP contribution in [0.2, 0.25) is 0 Å². The number of nitrogens with zero attached hydrogens (tertiary/aromatic N) is 2. The first-order chi connectivity index (χ1) is 8.99. The van der Waals surface area contributed by atoms with E-state index in [2.05, 4.69) is 20.2 Å². The number of rotatable bonds is 5. The molecule has 0 saturated heterocycles. The van der Waals surface area contributed by atoms with Crippen LogP contribution in [0.15, 0.2) is 4.79 Å². The number of H-pyrrole nitrogens is 1. The maximum Gasteiger partial charge on any atom is 0.259 e. The molecule has 0 atom stereocenters. The van der Waals surface area contributed by atoms with Crippen molar-refractivity contribution in [3.05, 3.63) is 26.6 Å². The molecule has 0 aliphatic heterocycles. The molecule has 0 bridgehead atoms. The Hall–Kier alpha value is -1.24. The number of thiophene rings is 1. The van der Waals surface area contributed by atoms with Crippen molar-refractivity contribution < 1.29 is 0 Å². The topological polar surface area (TPSA) is 61.0 Å². The Labute approximate surface area is 116 Å². The second kappa shape index (κ2) is 5.81. The molecule has 0 unspecified atom stereocenters. The summed E-state index contributed by atoms with van der Waals surface area (Å²) < 4.78 is 0. The molecule has 5 nitrogen and oxygen atoms in total. The fraction of sp³-hybridized carbons (Fsp3) is 0.538. The van der Waals surface area contributed by atoms with Crippen molar-refractivity contribution in [2.24, 2.45) is 0 Å². The lowest BCUT2D eigenvalue weighted by molar-refractivity contribution is 0.399. The fourth-order valence-electron chi connectivity index (χ4n) is 1.89. The van der Waals surface area contributed by atoms with Gasteiger partial charge in [0.05, 0.1) is 11.9 Å². The van der Waals surface area contributed by atoms with E-state index in [1.807, 2.05) is 27.9 Å². The zero-order valence-corrected chi connectivity index (χ0v) is 12.6. The van der Waals surface area contributed by atoms with E-state index in [1.165, 1.54) is 0 Å². The molecular formula is C13H20N4OS. The molecule has 2 N–H and O–H groups in total. The molecule has 0 aliphatic carbocycles. The summed E-state index contributed by atoms with van der Waals surface area (Å²) in [5.41, 5.74) is 1.01. The molecule has 0 aromatic carbocycles. The standard InChI is InChI=1S/C13H20N4OS/c1-8-9(2)19-13-11(8)12(18)15-10(16-13)7-14-5-6-17(3)4/h14H,5-7H2,1-4H3,(H,15,16,18). The van der Waals surface area contributed by atoms with E-state index < -0.39 is 0 Å². The predicted octanol–water partition coefficient (Wildman–Crippen LogP) is 1.25. The van der Waals surface area contributed by atoms with Gasteiger partial charge in [-0.1, -0.05) is 0 Å². The molecule has 2 heterocycles. The summed E-state index contributed by atoms with van der Waals surface area (Å²) in [6.45, 7) is 6.42. The fourth-order valence-corrected chi connectivity index (χ4v) is 2.94. The zero-order chi connectivity index (χ0) is 14.0. The molecule has 6 heteroatoms. The zero-order valence-electron chi connectivity index (χ0n) is 11.8. The molecule has 19 heavy (non-hydrogen) atoms. The van der Waals surface area contributed by atoms with Crippen LogP contribution in [0, 0.1) is 13.8 Å². The van der Waals surface area contributed by atoms with Gasteiger partial charge < -0.3 is 15.2 Å². The summed E-state index contributed by atoms with van der Waals surface area (Å²) >= 11 is 1.58. The van der Waals surface area contributed by atoms with Gasteiger partial charge in [0.25, 0.3) is 5.56 Å². The molecule has 0 fully saturated rings. The molecule has 0 amide bonds. The number of nitrogens with one attached hydrogen (secondary N) is 2. The average Bonchev–Trinajstić information content (AvgIpc) is 2.61. The quantitative estimate of drug-likeness (QED) is 0.809. The highest BCUT2D eigenvalue weighted by atomic mass is 32.1. The molecular weight excluding hydrogens is 260 g/mol. The van der Waals surface area contributed by atoms with E-state index in [0.29, 0.717) is 12.4 Å². The molecule has 0 aliphatic rings. The van der Waals surface area contributed by atoms with Crippen LogP contribution in [0.3, 0.4) is 0 Å². The van der Waals surface area contributed by atoms with Crippen molar-refractivity contribution >= 4 is 21.6 Å². The number of fused-ring (bicyclic) bond motifs is 1. The van der Waals surface area contributed by atoms with E-state index in [1.54, 1.807) is 11.3 Å². The highest BCUT2D eigenvalue weighted by Gasteiger charge is 2.11.